The van der Waals surface area contributed by atoms with Gasteiger partial charge in [-0.25, -0.2) is 0 Å². The number of nitrogens with one attached hydrogen (secondary N) is 1. The number of benzene rings is 1. The number of piperidine rings is 3. The van der Waals surface area contributed by atoms with Crippen molar-refractivity contribution in [2.24, 2.45) is 5.92 Å². The summed E-state index contributed by atoms with van der Waals surface area (Å²) >= 11 is 0. The first-order chi connectivity index (χ1) is 10.2. The third-order valence-electron chi connectivity index (χ3n) is 5.36. The van der Waals surface area contributed by atoms with E-state index in [2.05, 4.69) is 28.4 Å². The highest BCUT2D eigenvalue weighted by atomic mass is 16.2. The van der Waals surface area contributed by atoms with Crippen LogP contribution >= 0.6 is 0 Å². The van der Waals surface area contributed by atoms with E-state index in [9.17, 15) is 4.79 Å². The topological polar surface area (TPSA) is 35.6 Å². The van der Waals surface area contributed by atoms with Crippen LogP contribution in [0.3, 0.4) is 0 Å². The van der Waals surface area contributed by atoms with Crippen LogP contribution in [-0.2, 0) is 11.2 Å². The zero-order valence-corrected chi connectivity index (χ0v) is 12.6. The Hall–Kier alpha value is -1.55. The summed E-state index contributed by atoms with van der Waals surface area (Å²) in [7, 11) is 0. The Bertz CT molecular complexity index is 563. The number of carbonyl (C=O) groups excluding carboxylic acids is 1. The van der Waals surface area contributed by atoms with E-state index in [-0.39, 0.29) is 5.91 Å². The van der Waals surface area contributed by atoms with Crippen LogP contribution in [0.2, 0.25) is 0 Å². The minimum atomic E-state index is 0.145. The van der Waals surface area contributed by atoms with E-state index >= 15 is 0 Å². The fraction of sp³-hybridized carbons (Fsp3) is 0.588. The number of hydrogen-bond acceptors (Lipinski definition) is 3. The van der Waals surface area contributed by atoms with Gasteiger partial charge in [0.2, 0.25) is 5.91 Å². The molecule has 0 aromatic heterocycles. The average Bonchev–Trinajstić information content (AvgIpc) is 2.92. The van der Waals surface area contributed by atoms with Crippen molar-refractivity contribution in [3.05, 3.63) is 23.8 Å². The van der Waals surface area contributed by atoms with Gasteiger partial charge in [-0.3, -0.25) is 4.79 Å². The van der Waals surface area contributed by atoms with Crippen LogP contribution < -0.4 is 10.2 Å². The van der Waals surface area contributed by atoms with Crippen LogP contribution in [-0.4, -0.2) is 43.0 Å². The summed E-state index contributed by atoms with van der Waals surface area (Å²) in [6, 6.07) is 7.08. The Labute approximate surface area is 126 Å². The highest BCUT2D eigenvalue weighted by Gasteiger charge is 2.34. The molecule has 0 radical (unpaired) electrons. The second kappa shape index (κ2) is 5.02. The molecule has 112 valence electrons. The third kappa shape index (κ3) is 2.31. The molecule has 0 aliphatic carbocycles. The Kier molecular flexibility index (Phi) is 3.14. The third-order valence-corrected chi connectivity index (χ3v) is 5.36. The zero-order chi connectivity index (χ0) is 14.4. The molecule has 3 saturated heterocycles. The molecule has 5 rings (SSSR count). The predicted molar refractivity (Wildman–Crippen MR) is 84.7 cm³/mol. The van der Waals surface area contributed by atoms with Crippen LogP contribution in [0.25, 0.3) is 0 Å². The van der Waals surface area contributed by atoms with Gasteiger partial charge in [0.05, 0.1) is 0 Å². The van der Waals surface area contributed by atoms with Crippen LogP contribution in [0.5, 0.6) is 0 Å². The van der Waals surface area contributed by atoms with E-state index in [4.69, 9.17) is 0 Å². The minimum absolute atomic E-state index is 0.145. The number of fused-ring (bicyclic) bond motifs is 4. The Balaban J connectivity index is 1.51. The number of nitrogens with zero attached hydrogens (tertiary/aromatic N) is 2. The van der Waals surface area contributed by atoms with E-state index < -0.39 is 0 Å². The first kappa shape index (κ1) is 13.1. The van der Waals surface area contributed by atoms with Crippen LogP contribution in [0.4, 0.5) is 11.4 Å². The highest BCUT2D eigenvalue weighted by molar-refractivity contribution is 5.94. The van der Waals surface area contributed by atoms with Crippen molar-refractivity contribution >= 4 is 17.3 Å². The standard InChI is InChI=1S/C17H23N3O/c1-12(21)20-9-6-14-10-15(2-3-17(14)20)18-16-11-19-7-4-13(16)5-8-19/h2-3,10,13,16,18H,4-9,11H2,1H3. The molecule has 3 fully saturated rings. The van der Waals surface area contributed by atoms with E-state index in [1.54, 1.807) is 6.92 Å². The Morgan fingerprint density at radius 1 is 1.24 bits per heavy atom. The minimum Gasteiger partial charge on any atom is -0.381 e. The van der Waals surface area contributed by atoms with E-state index in [1.165, 1.54) is 43.7 Å². The number of carbonyl (C=O) groups is 1. The van der Waals surface area contributed by atoms with Crippen molar-refractivity contribution in [2.75, 3.05) is 36.4 Å². The van der Waals surface area contributed by atoms with Crippen molar-refractivity contribution in [2.45, 2.75) is 32.2 Å². The molecule has 1 aromatic rings. The van der Waals surface area contributed by atoms with E-state index in [1.807, 2.05) is 4.90 Å². The SMILES string of the molecule is CC(=O)N1CCc2cc(NC3CN4CCC3CC4)ccc21. The van der Waals surface area contributed by atoms with Gasteiger partial charge in [-0.05, 0) is 62.0 Å². The van der Waals surface area contributed by atoms with E-state index in [0.717, 1.165) is 24.6 Å². The van der Waals surface area contributed by atoms with Gasteiger partial charge in [0.1, 0.15) is 0 Å². The highest BCUT2D eigenvalue weighted by Crippen LogP contribution is 2.33. The van der Waals surface area contributed by atoms with Crippen molar-refractivity contribution in [1.82, 2.24) is 4.90 Å². The summed E-state index contributed by atoms with van der Waals surface area (Å²) in [5, 5.41) is 3.74. The molecule has 2 bridgehead atoms. The lowest BCUT2D eigenvalue weighted by molar-refractivity contribution is -0.116. The molecule has 4 aliphatic rings. The molecule has 21 heavy (non-hydrogen) atoms. The van der Waals surface area contributed by atoms with Crippen molar-refractivity contribution in [3.63, 3.8) is 0 Å². The molecular weight excluding hydrogens is 262 g/mol. The summed E-state index contributed by atoms with van der Waals surface area (Å²) in [5.74, 6) is 0.976. The summed E-state index contributed by atoms with van der Waals surface area (Å²) in [5.41, 5.74) is 3.62. The largest absolute Gasteiger partial charge is 0.381 e. The molecule has 1 aromatic carbocycles. The molecule has 4 nitrogen and oxygen atoms in total. The van der Waals surface area contributed by atoms with Crippen LogP contribution in [0.15, 0.2) is 18.2 Å². The lowest BCUT2D eigenvalue weighted by atomic mass is 9.84. The Morgan fingerprint density at radius 2 is 2.05 bits per heavy atom. The number of amides is 1. The van der Waals surface area contributed by atoms with Gasteiger partial charge in [0.15, 0.2) is 0 Å². The van der Waals surface area contributed by atoms with Crippen molar-refractivity contribution in [3.8, 4) is 0 Å². The first-order valence-corrected chi connectivity index (χ1v) is 8.10. The molecular formula is C17H23N3O. The molecule has 4 heteroatoms. The molecule has 1 atom stereocenters. The first-order valence-electron chi connectivity index (χ1n) is 8.10. The second-order valence-electron chi connectivity index (χ2n) is 6.65. The van der Waals surface area contributed by atoms with Crippen molar-refractivity contribution < 1.29 is 4.79 Å². The van der Waals surface area contributed by atoms with Gasteiger partial charge >= 0.3 is 0 Å². The maximum atomic E-state index is 11.6. The molecule has 1 N–H and O–H groups in total. The maximum Gasteiger partial charge on any atom is 0.223 e. The van der Waals surface area contributed by atoms with Crippen LogP contribution in [0.1, 0.15) is 25.3 Å². The number of rotatable bonds is 2. The van der Waals surface area contributed by atoms with Gasteiger partial charge in [0, 0.05) is 37.4 Å². The fourth-order valence-electron chi connectivity index (χ4n) is 4.16. The smallest absolute Gasteiger partial charge is 0.223 e. The summed E-state index contributed by atoms with van der Waals surface area (Å²) in [6.45, 7) is 6.21. The maximum absolute atomic E-state index is 11.6. The molecule has 0 saturated carbocycles. The van der Waals surface area contributed by atoms with Crippen molar-refractivity contribution in [1.29, 1.82) is 0 Å². The molecule has 4 heterocycles. The van der Waals surface area contributed by atoms with Gasteiger partial charge in [-0.2, -0.15) is 0 Å². The normalized spacial score (nSPS) is 30.3. The fourth-order valence-corrected chi connectivity index (χ4v) is 4.16. The van der Waals surface area contributed by atoms with Gasteiger partial charge in [-0.15, -0.1) is 0 Å². The molecule has 4 aliphatic heterocycles. The van der Waals surface area contributed by atoms with Gasteiger partial charge < -0.3 is 15.1 Å². The molecule has 1 unspecified atom stereocenters. The lowest BCUT2D eigenvalue weighted by Gasteiger charge is -2.45. The summed E-state index contributed by atoms with van der Waals surface area (Å²) in [4.78, 5) is 16.1. The molecule has 1 amide bonds. The average molecular weight is 285 g/mol. The number of hydrogen-bond donors (Lipinski definition) is 1. The van der Waals surface area contributed by atoms with Crippen LogP contribution in [0, 0.1) is 5.92 Å². The summed E-state index contributed by atoms with van der Waals surface area (Å²) < 4.78 is 0. The van der Waals surface area contributed by atoms with Gasteiger partial charge in [-0.1, -0.05) is 0 Å². The lowest BCUT2D eigenvalue weighted by Crippen LogP contribution is -2.53. The monoisotopic (exact) mass is 285 g/mol. The quantitative estimate of drug-likeness (QED) is 0.904. The van der Waals surface area contributed by atoms with E-state index in [0.29, 0.717) is 6.04 Å². The van der Waals surface area contributed by atoms with Gasteiger partial charge in [0.25, 0.3) is 0 Å². The molecule has 0 spiro atoms. The number of anilines is 2. The second-order valence-corrected chi connectivity index (χ2v) is 6.65. The zero-order valence-electron chi connectivity index (χ0n) is 12.6. The predicted octanol–water partition coefficient (Wildman–Crippen LogP) is 2.10. The summed E-state index contributed by atoms with van der Waals surface area (Å²) in [6.07, 6.45) is 3.64. The Morgan fingerprint density at radius 3 is 2.71 bits per heavy atom.